The van der Waals surface area contributed by atoms with Crippen LogP contribution in [-0.4, -0.2) is 34.1 Å². The smallest absolute Gasteiger partial charge is 0.262 e. The van der Waals surface area contributed by atoms with E-state index in [1.165, 1.54) is 29.6 Å². The minimum atomic E-state index is -3.89. The van der Waals surface area contributed by atoms with Crippen LogP contribution in [0, 0.1) is 0 Å². The van der Waals surface area contributed by atoms with E-state index in [-0.39, 0.29) is 10.8 Å². The van der Waals surface area contributed by atoms with E-state index < -0.39 is 10.0 Å². The number of pyridine rings is 1. The quantitative estimate of drug-likeness (QED) is 0.549. The Bertz CT molecular complexity index is 1330. The number of anilines is 2. The fourth-order valence-corrected chi connectivity index (χ4v) is 4.46. The Kier molecular flexibility index (Phi) is 3.43. The summed E-state index contributed by atoms with van der Waals surface area (Å²) in [4.78, 5) is 20.2. The minimum Gasteiger partial charge on any atom is -0.321 e. The number of nitrogens with one attached hydrogen (secondary N) is 2. The van der Waals surface area contributed by atoms with Crippen molar-refractivity contribution in [2.75, 3.05) is 10.0 Å². The van der Waals surface area contributed by atoms with Gasteiger partial charge in [-0.15, -0.1) is 0 Å². The van der Waals surface area contributed by atoms with Crippen molar-refractivity contribution in [3.63, 3.8) is 0 Å². The molecule has 1 aliphatic rings. The van der Waals surface area contributed by atoms with E-state index in [9.17, 15) is 13.2 Å². The van der Waals surface area contributed by atoms with Crippen LogP contribution in [0.25, 0.3) is 16.6 Å². The summed E-state index contributed by atoms with van der Waals surface area (Å²) in [5, 5.41) is 7.80. The molecule has 1 aliphatic heterocycles. The second kappa shape index (κ2) is 5.86. The number of rotatable bonds is 4. The first-order valence-electron chi connectivity index (χ1n) is 8.24. The number of amides is 1. The zero-order valence-electron chi connectivity index (χ0n) is 14.2. The van der Waals surface area contributed by atoms with Crippen molar-refractivity contribution in [3.8, 4) is 5.82 Å². The van der Waals surface area contributed by atoms with E-state index in [0.29, 0.717) is 33.5 Å². The molecular formula is C18H12N6O3S. The number of hydrogen-bond donors (Lipinski definition) is 2. The lowest BCUT2D eigenvalue weighted by molar-refractivity contribution is 0.103. The molecule has 9 nitrogen and oxygen atoms in total. The van der Waals surface area contributed by atoms with Crippen LogP contribution in [0.2, 0.25) is 0 Å². The molecule has 0 saturated carbocycles. The Morgan fingerprint density at radius 3 is 2.71 bits per heavy atom. The molecule has 0 aliphatic carbocycles. The molecule has 0 radical (unpaired) electrons. The van der Waals surface area contributed by atoms with Gasteiger partial charge in [0, 0.05) is 22.0 Å². The molecule has 0 unspecified atom stereocenters. The second-order valence-corrected chi connectivity index (χ2v) is 7.79. The Morgan fingerprint density at radius 2 is 1.96 bits per heavy atom. The lowest BCUT2D eigenvalue weighted by Gasteiger charge is -2.11. The van der Waals surface area contributed by atoms with Gasteiger partial charge >= 0.3 is 0 Å². The van der Waals surface area contributed by atoms with Crippen LogP contribution in [-0.2, 0) is 10.0 Å². The van der Waals surface area contributed by atoms with Crippen LogP contribution >= 0.6 is 0 Å². The molecule has 5 rings (SSSR count). The molecule has 138 valence electrons. The number of sulfonamides is 1. The summed E-state index contributed by atoms with van der Waals surface area (Å²) >= 11 is 0. The maximum Gasteiger partial charge on any atom is 0.262 e. The van der Waals surface area contributed by atoms with Crippen molar-refractivity contribution in [2.45, 2.75) is 4.90 Å². The first-order valence-corrected chi connectivity index (χ1v) is 9.72. The number of carbonyl (C=O) groups is 1. The third-order valence-corrected chi connectivity index (χ3v) is 5.88. The summed E-state index contributed by atoms with van der Waals surface area (Å²) in [6.45, 7) is 0. The van der Waals surface area contributed by atoms with Gasteiger partial charge in [0.1, 0.15) is 12.7 Å². The predicted molar refractivity (Wildman–Crippen MR) is 102 cm³/mol. The van der Waals surface area contributed by atoms with Gasteiger partial charge in [0.25, 0.3) is 15.9 Å². The number of hydrogen-bond acceptors (Lipinski definition) is 6. The molecule has 2 N–H and O–H groups in total. The maximum atomic E-state index is 13.0. The Balaban J connectivity index is 1.53. The molecule has 2 aromatic carbocycles. The fourth-order valence-electron chi connectivity index (χ4n) is 3.22. The van der Waals surface area contributed by atoms with Gasteiger partial charge in [-0.05, 0) is 30.3 Å². The molecule has 10 heteroatoms. The zero-order valence-corrected chi connectivity index (χ0v) is 15.0. The topological polar surface area (TPSA) is 119 Å². The van der Waals surface area contributed by atoms with E-state index in [1.807, 2.05) is 0 Å². The average Bonchev–Trinajstić information content (AvgIpc) is 3.32. The molecule has 0 bridgehead atoms. The van der Waals surface area contributed by atoms with E-state index >= 15 is 0 Å². The largest absolute Gasteiger partial charge is 0.321 e. The van der Waals surface area contributed by atoms with E-state index in [0.717, 1.165) is 0 Å². The average molecular weight is 392 g/mol. The van der Waals surface area contributed by atoms with Crippen molar-refractivity contribution in [3.05, 3.63) is 66.9 Å². The standard InChI is InChI=1S/C18H12N6O3S/c25-18-13-3-1-2-12-15(6-5-14(22-18)17(12)13)28(26,27)23-11-4-7-16(20-8-11)24-10-19-9-21-24/h1-10,23H,(H,22,25). The monoisotopic (exact) mass is 392 g/mol. The van der Waals surface area contributed by atoms with Crippen LogP contribution in [0.1, 0.15) is 10.4 Å². The first kappa shape index (κ1) is 16.4. The Hall–Kier alpha value is -3.79. The number of nitrogens with zero attached hydrogens (tertiary/aromatic N) is 4. The molecule has 0 saturated heterocycles. The number of benzene rings is 2. The summed E-state index contributed by atoms with van der Waals surface area (Å²) in [5.74, 6) is 0.270. The summed E-state index contributed by atoms with van der Waals surface area (Å²) in [5.41, 5.74) is 1.37. The number of aromatic nitrogens is 4. The van der Waals surface area contributed by atoms with Crippen LogP contribution < -0.4 is 10.0 Å². The van der Waals surface area contributed by atoms with Crippen molar-refractivity contribution in [1.29, 1.82) is 0 Å². The summed E-state index contributed by atoms with van der Waals surface area (Å²) in [7, 11) is -3.89. The summed E-state index contributed by atoms with van der Waals surface area (Å²) in [6, 6.07) is 11.3. The third kappa shape index (κ3) is 2.50. The highest BCUT2D eigenvalue weighted by Gasteiger charge is 2.26. The molecule has 3 heterocycles. The molecule has 28 heavy (non-hydrogen) atoms. The molecule has 0 fully saturated rings. The Morgan fingerprint density at radius 1 is 1.07 bits per heavy atom. The second-order valence-electron chi connectivity index (χ2n) is 6.14. The van der Waals surface area contributed by atoms with Gasteiger partial charge < -0.3 is 5.32 Å². The van der Waals surface area contributed by atoms with Gasteiger partial charge in [-0.2, -0.15) is 5.10 Å². The third-order valence-electron chi connectivity index (χ3n) is 4.44. The lowest BCUT2D eigenvalue weighted by Crippen LogP contribution is -2.14. The lowest BCUT2D eigenvalue weighted by atomic mass is 10.1. The highest BCUT2D eigenvalue weighted by molar-refractivity contribution is 7.93. The highest BCUT2D eigenvalue weighted by atomic mass is 32.2. The van der Waals surface area contributed by atoms with Crippen LogP contribution in [0.15, 0.2) is 66.2 Å². The highest BCUT2D eigenvalue weighted by Crippen LogP contribution is 2.36. The van der Waals surface area contributed by atoms with Crippen LogP contribution in [0.5, 0.6) is 0 Å². The molecule has 2 aromatic heterocycles. The van der Waals surface area contributed by atoms with Crippen molar-refractivity contribution < 1.29 is 13.2 Å². The fraction of sp³-hybridized carbons (Fsp3) is 0. The maximum absolute atomic E-state index is 13.0. The minimum absolute atomic E-state index is 0.0879. The van der Waals surface area contributed by atoms with Crippen LogP contribution in [0.4, 0.5) is 11.4 Å². The molecule has 4 aromatic rings. The van der Waals surface area contributed by atoms with Crippen LogP contribution in [0.3, 0.4) is 0 Å². The van der Waals surface area contributed by atoms with Gasteiger partial charge in [-0.3, -0.25) is 9.52 Å². The van der Waals surface area contributed by atoms with Gasteiger partial charge in [0.05, 0.1) is 16.8 Å². The van der Waals surface area contributed by atoms with E-state index in [1.54, 1.807) is 36.4 Å². The first-order chi connectivity index (χ1) is 13.5. The Labute approximate surface area is 159 Å². The molecular weight excluding hydrogens is 380 g/mol. The summed E-state index contributed by atoms with van der Waals surface area (Å²) in [6.07, 6.45) is 4.28. The van der Waals surface area contributed by atoms with Crippen molar-refractivity contribution >= 4 is 38.1 Å². The van der Waals surface area contributed by atoms with Crippen molar-refractivity contribution in [1.82, 2.24) is 19.7 Å². The molecule has 1 amide bonds. The SMILES string of the molecule is O=C1Nc2ccc(S(=O)(=O)Nc3ccc(-n4cncn4)nc3)c3cccc1c23. The van der Waals surface area contributed by atoms with Crippen molar-refractivity contribution in [2.24, 2.45) is 0 Å². The number of carbonyl (C=O) groups excluding carboxylic acids is 1. The molecule has 0 atom stereocenters. The van der Waals surface area contributed by atoms with Gasteiger partial charge in [-0.1, -0.05) is 12.1 Å². The van der Waals surface area contributed by atoms with Gasteiger partial charge in [-0.25, -0.2) is 23.1 Å². The predicted octanol–water partition coefficient (Wildman–Crippen LogP) is 2.18. The zero-order chi connectivity index (χ0) is 19.3. The summed E-state index contributed by atoms with van der Waals surface area (Å²) < 4.78 is 30.0. The van der Waals surface area contributed by atoms with Gasteiger partial charge in [0.2, 0.25) is 0 Å². The van der Waals surface area contributed by atoms with E-state index in [2.05, 4.69) is 25.1 Å². The van der Waals surface area contributed by atoms with E-state index in [4.69, 9.17) is 0 Å². The normalized spacial score (nSPS) is 12.9. The molecule has 0 spiro atoms. The van der Waals surface area contributed by atoms with Gasteiger partial charge in [0.15, 0.2) is 5.82 Å².